The Labute approximate surface area is 114 Å². The summed E-state index contributed by atoms with van der Waals surface area (Å²) < 4.78 is 1.92. The van der Waals surface area contributed by atoms with Crippen LogP contribution in [0.15, 0.2) is 12.4 Å². The van der Waals surface area contributed by atoms with Crippen molar-refractivity contribution in [3.05, 3.63) is 23.7 Å². The van der Waals surface area contributed by atoms with Crippen molar-refractivity contribution in [3.63, 3.8) is 0 Å². The van der Waals surface area contributed by atoms with Gasteiger partial charge in [-0.1, -0.05) is 0 Å². The molecule has 0 aliphatic rings. The highest BCUT2D eigenvalue weighted by Gasteiger charge is 2.11. The summed E-state index contributed by atoms with van der Waals surface area (Å²) in [5.74, 6) is 1.63. The second-order valence-corrected chi connectivity index (χ2v) is 4.94. The van der Waals surface area contributed by atoms with Gasteiger partial charge in [-0.2, -0.15) is 5.10 Å². The van der Waals surface area contributed by atoms with Crippen molar-refractivity contribution < 1.29 is 0 Å². The summed E-state index contributed by atoms with van der Waals surface area (Å²) in [6, 6.07) is 0.341. The summed E-state index contributed by atoms with van der Waals surface area (Å²) in [5, 5.41) is 7.61. The maximum absolute atomic E-state index is 4.59. The Kier molecular flexibility index (Phi) is 3.83. The van der Waals surface area contributed by atoms with Crippen LogP contribution >= 0.6 is 0 Å². The molecule has 0 spiro atoms. The Hall–Kier alpha value is -1.91. The molecule has 0 amide bonds. The first kappa shape index (κ1) is 13.5. The van der Waals surface area contributed by atoms with Crippen LogP contribution in [0.2, 0.25) is 0 Å². The van der Waals surface area contributed by atoms with Crippen LogP contribution in [0.3, 0.4) is 0 Å². The molecule has 2 rings (SSSR count). The number of hydrogen-bond acceptors (Lipinski definition) is 4. The van der Waals surface area contributed by atoms with Gasteiger partial charge in [0.25, 0.3) is 0 Å². The molecule has 0 fully saturated rings. The van der Waals surface area contributed by atoms with Crippen LogP contribution in [0, 0.1) is 13.8 Å². The van der Waals surface area contributed by atoms with Crippen LogP contribution in [0.1, 0.15) is 38.1 Å². The number of anilines is 1. The summed E-state index contributed by atoms with van der Waals surface area (Å²) >= 11 is 0. The van der Waals surface area contributed by atoms with Gasteiger partial charge in [0.2, 0.25) is 0 Å². The van der Waals surface area contributed by atoms with Crippen LogP contribution in [-0.4, -0.2) is 26.3 Å². The lowest BCUT2D eigenvalue weighted by Gasteiger charge is -2.10. The van der Waals surface area contributed by atoms with Crippen LogP contribution < -0.4 is 5.32 Å². The van der Waals surface area contributed by atoms with Gasteiger partial charge in [0.15, 0.2) is 5.82 Å². The predicted molar refractivity (Wildman–Crippen MR) is 77.3 cm³/mol. The molecule has 0 radical (unpaired) electrons. The van der Waals surface area contributed by atoms with E-state index in [4.69, 9.17) is 0 Å². The van der Waals surface area contributed by atoms with E-state index in [2.05, 4.69) is 41.2 Å². The second kappa shape index (κ2) is 5.38. The average molecular weight is 259 g/mol. The second-order valence-electron chi connectivity index (χ2n) is 4.94. The number of nitrogens with zero attached hydrogens (tertiary/aromatic N) is 4. The number of rotatable bonds is 4. The van der Waals surface area contributed by atoms with Gasteiger partial charge in [-0.3, -0.25) is 4.68 Å². The first-order valence-corrected chi connectivity index (χ1v) is 6.66. The highest BCUT2D eigenvalue weighted by molar-refractivity contribution is 5.58. The van der Waals surface area contributed by atoms with Crippen molar-refractivity contribution >= 4 is 5.82 Å². The maximum atomic E-state index is 4.59. The molecular weight excluding hydrogens is 238 g/mol. The predicted octanol–water partition coefficient (Wildman–Crippen LogP) is 2.97. The third kappa shape index (κ3) is 2.75. The molecule has 0 aliphatic heterocycles. The minimum absolute atomic E-state index is 0.341. The molecule has 5 heteroatoms. The molecule has 0 atom stereocenters. The molecule has 0 saturated carbocycles. The minimum Gasteiger partial charge on any atom is -0.370 e. The van der Waals surface area contributed by atoms with E-state index in [-0.39, 0.29) is 0 Å². The van der Waals surface area contributed by atoms with E-state index in [0.717, 1.165) is 35.0 Å². The largest absolute Gasteiger partial charge is 0.370 e. The lowest BCUT2D eigenvalue weighted by atomic mass is 10.2. The third-order valence-electron chi connectivity index (χ3n) is 3.12. The summed E-state index contributed by atoms with van der Waals surface area (Å²) in [6.07, 6.45) is 3.81. The summed E-state index contributed by atoms with van der Waals surface area (Å²) in [4.78, 5) is 9.14. The standard InChI is InChI=1S/C14H21N5/c1-6-15-13-10(4)11(5)17-14(18-13)12-7-16-19(8-12)9(2)3/h7-9H,6H2,1-5H3,(H,15,17,18). The smallest absolute Gasteiger partial charge is 0.164 e. The van der Waals surface area contributed by atoms with Crippen molar-refractivity contribution in [1.82, 2.24) is 19.7 Å². The number of aryl methyl sites for hydroxylation is 1. The normalized spacial score (nSPS) is 11.1. The quantitative estimate of drug-likeness (QED) is 0.917. The van der Waals surface area contributed by atoms with Gasteiger partial charge in [-0.25, -0.2) is 9.97 Å². The van der Waals surface area contributed by atoms with Crippen LogP contribution in [-0.2, 0) is 0 Å². The fraction of sp³-hybridized carbons (Fsp3) is 0.500. The van der Waals surface area contributed by atoms with Gasteiger partial charge >= 0.3 is 0 Å². The summed E-state index contributed by atoms with van der Waals surface area (Å²) in [5.41, 5.74) is 3.05. The van der Waals surface area contributed by atoms with E-state index >= 15 is 0 Å². The molecule has 19 heavy (non-hydrogen) atoms. The van der Waals surface area contributed by atoms with E-state index in [1.807, 2.05) is 30.9 Å². The Bertz CT molecular complexity index is 571. The van der Waals surface area contributed by atoms with Gasteiger partial charge in [-0.15, -0.1) is 0 Å². The highest BCUT2D eigenvalue weighted by atomic mass is 15.3. The Balaban J connectivity index is 2.43. The van der Waals surface area contributed by atoms with Crippen LogP contribution in [0.4, 0.5) is 5.82 Å². The van der Waals surface area contributed by atoms with Crippen molar-refractivity contribution in [1.29, 1.82) is 0 Å². The molecule has 5 nitrogen and oxygen atoms in total. The van der Waals surface area contributed by atoms with E-state index in [1.54, 1.807) is 0 Å². The minimum atomic E-state index is 0.341. The molecule has 0 unspecified atom stereocenters. The first-order chi connectivity index (χ1) is 9.02. The molecule has 2 aromatic heterocycles. The van der Waals surface area contributed by atoms with Gasteiger partial charge in [0, 0.05) is 30.0 Å². The number of hydrogen-bond donors (Lipinski definition) is 1. The molecule has 0 aliphatic carbocycles. The van der Waals surface area contributed by atoms with Gasteiger partial charge in [0.1, 0.15) is 5.82 Å². The molecule has 0 bridgehead atoms. The fourth-order valence-corrected chi connectivity index (χ4v) is 1.83. The molecule has 0 aromatic carbocycles. The third-order valence-corrected chi connectivity index (χ3v) is 3.12. The van der Waals surface area contributed by atoms with E-state index in [0.29, 0.717) is 6.04 Å². The molecule has 0 saturated heterocycles. The highest BCUT2D eigenvalue weighted by Crippen LogP contribution is 2.21. The van der Waals surface area contributed by atoms with Gasteiger partial charge in [0.05, 0.1) is 11.8 Å². The number of aromatic nitrogens is 4. The molecular formula is C14H21N5. The van der Waals surface area contributed by atoms with E-state index < -0.39 is 0 Å². The van der Waals surface area contributed by atoms with E-state index in [1.165, 1.54) is 0 Å². The monoisotopic (exact) mass is 259 g/mol. The summed E-state index contributed by atoms with van der Waals surface area (Å²) in [6.45, 7) is 11.2. The van der Waals surface area contributed by atoms with Crippen molar-refractivity contribution in [2.75, 3.05) is 11.9 Å². The zero-order valence-electron chi connectivity index (χ0n) is 12.2. The van der Waals surface area contributed by atoms with Crippen LogP contribution in [0.25, 0.3) is 11.4 Å². The van der Waals surface area contributed by atoms with Crippen LogP contribution in [0.5, 0.6) is 0 Å². The lowest BCUT2D eigenvalue weighted by Crippen LogP contribution is -2.06. The molecule has 2 heterocycles. The van der Waals surface area contributed by atoms with Crippen molar-refractivity contribution in [2.24, 2.45) is 0 Å². The van der Waals surface area contributed by atoms with Crippen molar-refractivity contribution in [3.8, 4) is 11.4 Å². The van der Waals surface area contributed by atoms with Gasteiger partial charge < -0.3 is 5.32 Å². The number of nitrogens with one attached hydrogen (secondary N) is 1. The Morgan fingerprint density at radius 1 is 1.26 bits per heavy atom. The Morgan fingerprint density at radius 2 is 2.00 bits per heavy atom. The molecule has 102 valence electrons. The lowest BCUT2D eigenvalue weighted by molar-refractivity contribution is 0.532. The maximum Gasteiger partial charge on any atom is 0.164 e. The molecule has 1 N–H and O–H groups in total. The molecule has 2 aromatic rings. The summed E-state index contributed by atoms with van der Waals surface area (Å²) in [7, 11) is 0. The SMILES string of the molecule is CCNc1nc(-c2cnn(C(C)C)c2)nc(C)c1C. The average Bonchev–Trinajstić information content (AvgIpc) is 2.84. The zero-order chi connectivity index (χ0) is 14.0. The Morgan fingerprint density at radius 3 is 2.58 bits per heavy atom. The fourth-order valence-electron chi connectivity index (χ4n) is 1.83. The van der Waals surface area contributed by atoms with Crippen molar-refractivity contribution in [2.45, 2.75) is 40.7 Å². The van der Waals surface area contributed by atoms with E-state index in [9.17, 15) is 0 Å². The topological polar surface area (TPSA) is 55.6 Å². The first-order valence-electron chi connectivity index (χ1n) is 6.66. The van der Waals surface area contributed by atoms with Gasteiger partial charge in [-0.05, 0) is 34.6 Å². The zero-order valence-corrected chi connectivity index (χ0v) is 12.2.